The maximum absolute atomic E-state index is 12.7. The predicted octanol–water partition coefficient (Wildman–Crippen LogP) is 5.12. The number of carbonyl (C=O) groups excluding carboxylic acids is 1. The molecule has 0 radical (unpaired) electrons. The molecule has 3 aromatic rings. The maximum atomic E-state index is 12.7. The van der Waals surface area contributed by atoms with E-state index in [4.69, 9.17) is 4.98 Å². The van der Waals surface area contributed by atoms with Gasteiger partial charge in [-0.1, -0.05) is 12.1 Å². The Morgan fingerprint density at radius 2 is 1.68 bits per heavy atom. The van der Waals surface area contributed by atoms with Crippen LogP contribution in [0.5, 0.6) is 0 Å². The molecular formula is C25H28F3N5O. The molecule has 1 amide bonds. The van der Waals surface area contributed by atoms with Gasteiger partial charge < -0.3 is 15.5 Å². The Morgan fingerprint density at radius 1 is 1.00 bits per heavy atom. The van der Waals surface area contributed by atoms with Crippen molar-refractivity contribution in [2.24, 2.45) is 5.92 Å². The third-order valence-electron chi connectivity index (χ3n) is 6.21. The van der Waals surface area contributed by atoms with Gasteiger partial charge in [0.25, 0.3) is 5.91 Å². The van der Waals surface area contributed by atoms with Crippen LogP contribution in [0.25, 0.3) is 10.9 Å². The molecule has 0 spiro atoms. The van der Waals surface area contributed by atoms with Crippen LogP contribution in [0.1, 0.15) is 41.6 Å². The minimum atomic E-state index is -4.41. The van der Waals surface area contributed by atoms with E-state index in [1.54, 1.807) is 0 Å². The number of nitrogens with zero attached hydrogens (tertiary/aromatic N) is 3. The van der Waals surface area contributed by atoms with Crippen LogP contribution in [0.4, 0.5) is 24.9 Å². The average molecular weight is 472 g/mol. The molecule has 9 heteroatoms. The lowest BCUT2D eigenvalue weighted by atomic mass is 9.86. The van der Waals surface area contributed by atoms with E-state index in [9.17, 15) is 18.0 Å². The Kier molecular flexibility index (Phi) is 6.90. The lowest BCUT2D eigenvalue weighted by molar-refractivity contribution is -0.137. The molecule has 0 atom stereocenters. The first kappa shape index (κ1) is 23.8. The second kappa shape index (κ2) is 9.87. The Labute approximate surface area is 196 Å². The van der Waals surface area contributed by atoms with Crippen molar-refractivity contribution in [3.05, 3.63) is 59.7 Å². The largest absolute Gasteiger partial charge is 0.416 e. The fourth-order valence-electron chi connectivity index (χ4n) is 4.31. The highest BCUT2D eigenvalue weighted by atomic mass is 19.4. The summed E-state index contributed by atoms with van der Waals surface area (Å²) in [6.07, 6.45) is -0.700. The molecule has 4 rings (SSSR count). The Hall–Kier alpha value is -3.36. The molecule has 1 fully saturated rings. The number of alkyl halides is 3. The molecule has 0 aliphatic heterocycles. The molecule has 0 bridgehead atoms. The molecule has 1 aliphatic carbocycles. The van der Waals surface area contributed by atoms with Crippen molar-refractivity contribution in [2.45, 2.75) is 37.9 Å². The van der Waals surface area contributed by atoms with Gasteiger partial charge in [-0.2, -0.15) is 18.2 Å². The summed E-state index contributed by atoms with van der Waals surface area (Å²) in [5.41, 5.74) is 0.361. The first-order chi connectivity index (χ1) is 16.2. The molecule has 1 saturated carbocycles. The van der Waals surface area contributed by atoms with Crippen LogP contribution < -0.4 is 15.5 Å². The average Bonchev–Trinajstić information content (AvgIpc) is 2.82. The number of halogens is 3. The van der Waals surface area contributed by atoms with Crippen LogP contribution in [0.15, 0.2) is 48.5 Å². The molecule has 2 aromatic carbocycles. The van der Waals surface area contributed by atoms with Crippen molar-refractivity contribution in [2.75, 3.05) is 30.9 Å². The molecule has 2 N–H and O–H groups in total. The fourth-order valence-corrected chi connectivity index (χ4v) is 4.31. The second-order valence-electron chi connectivity index (χ2n) is 8.93. The summed E-state index contributed by atoms with van der Waals surface area (Å²) in [7, 11) is 3.92. The summed E-state index contributed by atoms with van der Waals surface area (Å²) in [4.78, 5) is 23.7. The van der Waals surface area contributed by atoms with E-state index in [1.165, 1.54) is 12.1 Å². The van der Waals surface area contributed by atoms with Gasteiger partial charge >= 0.3 is 6.18 Å². The van der Waals surface area contributed by atoms with Gasteiger partial charge in [-0.3, -0.25) is 4.79 Å². The highest BCUT2D eigenvalue weighted by Crippen LogP contribution is 2.30. The summed E-state index contributed by atoms with van der Waals surface area (Å²) in [6.45, 7) is 0.504. The lowest BCUT2D eigenvalue weighted by Gasteiger charge is -2.29. The van der Waals surface area contributed by atoms with Crippen LogP contribution in [0.3, 0.4) is 0 Å². The standard InChI is InChI=1S/C25H28F3N5O/c1-33(2)22-20-5-3-4-6-21(20)31-24(32-22)30-19-13-7-16(8-14-19)15-29-23(34)17-9-11-18(12-10-17)25(26,27)28/h3-6,9-12,16,19H,7-8,13-15H2,1-2H3,(H,29,34)(H,30,31,32)/t16-,19+. The summed E-state index contributed by atoms with van der Waals surface area (Å²) >= 11 is 0. The van der Waals surface area contributed by atoms with Crippen molar-refractivity contribution in [3.63, 3.8) is 0 Å². The summed E-state index contributed by atoms with van der Waals surface area (Å²) in [5, 5.41) is 7.33. The van der Waals surface area contributed by atoms with Crippen LogP contribution >= 0.6 is 0 Å². The van der Waals surface area contributed by atoms with Gasteiger partial charge in [0.05, 0.1) is 11.1 Å². The zero-order chi connectivity index (χ0) is 24.3. The Bertz CT molecular complexity index is 1140. The van der Waals surface area contributed by atoms with Gasteiger partial charge in [-0.05, 0) is 68.0 Å². The number of rotatable bonds is 6. The Morgan fingerprint density at radius 3 is 2.32 bits per heavy atom. The minimum absolute atomic E-state index is 0.230. The topological polar surface area (TPSA) is 70.2 Å². The van der Waals surface area contributed by atoms with Crippen LogP contribution in [0, 0.1) is 5.92 Å². The molecule has 6 nitrogen and oxygen atoms in total. The SMILES string of the molecule is CN(C)c1nc(N[C@H]2CC[C@@H](CNC(=O)c3ccc(C(F)(F)F)cc3)CC2)nc2ccccc12. The van der Waals surface area contributed by atoms with E-state index in [0.29, 0.717) is 18.4 Å². The Balaban J connectivity index is 1.29. The van der Waals surface area contributed by atoms with Crippen molar-refractivity contribution < 1.29 is 18.0 Å². The van der Waals surface area contributed by atoms with E-state index in [-0.39, 0.29) is 17.5 Å². The lowest BCUT2D eigenvalue weighted by Crippen LogP contribution is -2.34. The zero-order valence-electron chi connectivity index (χ0n) is 19.2. The molecule has 1 aliphatic rings. The molecule has 1 heterocycles. The van der Waals surface area contributed by atoms with Crippen LogP contribution in [-0.2, 0) is 6.18 Å². The van der Waals surface area contributed by atoms with Gasteiger partial charge in [-0.15, -0.1) is 0 Å². The van der Waals surface area contributed by atoms with E-state index in [1.807, 2.05) is 43.3 Å². The predicted molar refractivity (Wildman–Crippen MR) is 127 cm³/mol. The van der Waals surface area contributed by atoms with Crippen LogP contribution in [-0.4, -0.2) is 42.6 Å². The van der Waals surface area contributed by atoms with Crippen molar-refractivity contribution in [3.8, 4) is 0 Å². The normalized spacial score (nSPS) is 18.5. The molecular weight excluding hydrogens is 443 g/mol. The number of hydrogen-bond acceptors (Lipinski definition) is 5. The minimum Gasteiger partial charge on any atom is -0.362 e. The number of fused-ring (bicyclic) bond motifs is 1. The number of anilines is 2. The van der Waals surface area contributed by atoms with E-state index in [0.717, 1.165) is 54.5 Å². The van der Waals surface area contributed by atoms with Crippen molar-refractivity contribution in [1.82, 2.24) is 15.3 Å². The molecule has 1 aromatic heterocycles. The third kappa shape index (κ3) is 5.58. The van der Waals surface area contributed by atoms with E-state index in [2.05, 4.69) is 15.6 Å². The van der Waals surface area contributed by atoms with E-state index < -0.39 is 11.7 Å². The smallest absolute Gasteiger partial charge is 0.362 e. The molecule has 0 saturated heterocycles. The molecule has 0 unspecified atom stereocenters. The molecule has 180 valence electrons. The van der Waals surface area contributed by atoms with Gasteiger partial charge in [-0.25, -0.2) is 4.98 Å². The highest BCUT2D eigenvalue weighted by molar-refractivity contribution is 5.94. The fraction of sp³-hybridized carbons (Fsp3) is 0.400. The number of aromatic nitrogens is 2. The van der Waals surface area contributed by atoms with Crippen molar-refractivity contribution in [1.29, 1.82) is 0 Å². The van der Waals surface area contributed by atoms with Gasteiger partial charge in [0.1, 0.15) is 5.82 Å². The summed E-state index contributed by atoms with van der Waals surface area (Å²) < 4.78 is 38.1. The monoisotopic (exact) mass is 471 g/mol. The summed E-state index contributed by atoms with van der Waals surface area (Å²) in [6, 6.07) is 12.5. The molecule has 34 heavy (non-hydrogen) atoms. The second-order valence-corrected chi connectivity index (χ2v) is 8.93. The first-order valence-corrected chi connectivity index (χ1v) is 11.4. The summed E-state index contributed by atoms with van der Waals surface area (Å²) in [5.74, 6) is 1.45. The number of amides is 1. The van der Waals surface area contributed by atoms with Crippen LogP contribution in [0.2, 0.25) is 0 Å². The van der Waals surface area contributed by atoms with E-state index >= 15 is 0 Å². The third-order valence-corrected chi connectivity index (χ3v) is 6.21. The van der Waals surface area contributed by atoms with Gasteiger partial charge in [0, 0.05) is 37.6 Å². The number of para-hydroxylation sites is 1. The number of nitrogens with one attached hydrogen (secondary N) is 2. The van der Waals surface area contributed by atoms with Gasteiger partial charge in [0.2, 0.25) is 5.95 Å². The number of benzene rings is 2. The highest BCUT2D eigenvalue weighted by Gasteiger charge is 2.30. The quantitative estimate of drug-likeness (QED) is 0.523. The number of hydrogen-bond donors (Lipinski definition) is 2. The van der Waals surface area contributed by atoms with Gasteiger partial charge in [0.15, 0.2) is 0 Å². The maximum Gasteiger partial charge on any atom is 0.416 e. The number of carbonyl (C=O) groups is 1. The first-order valence-electron chi connectivity index (χ1n) is 11.4. The van der Waals surface area contributed by atoms with Crippen molar-refractivity contribution >= 4 is 28.6 Å². The zero-order valence-corrected chi connectivity index (χ0v) is 19.2.